The number of carboxylic acid groups (broad SMARTS) is 1. The van der Waals surface area contributed by atoms with Crippen molar-refractivity contribution in [2.24, 2.45) is 0 Å². The van der Waals surface area contributed by atoms with E-state index in [0.29, 0.717) is 0 Å². The smallest absolute Gasteiger partial charge is 0.423 e. The van der Waals surface area contributed by atoms with Crippen molar-refractivity contribution in [3.8, 4) is 0 Å². The molecule has 0 aliphatic heterocycles. The van der Waals surface area contributed by atoms with Gasteiger partial charge in [0.2, 0.25) is 6.10 Å². The summed E-state index contributed by atoms with van der Waals surface area (Å²) in [5.41, 5.74) is 0.0477. The van der Waals surface area contributed by atoms with Crippen molar-refractivity contribution >= 4 is 5.97 Å². The van der Waals surface area contributed by atoms with Crippen LogP contribution in [0.25, 0.3) is 0 Å². The molecule has 0 fully saturated rings. The van der Waals surface area contributed by atoms with Crippen molar-refractivity contribution in [3.63, 3.8) is 0 Å². The number of ether oxygens (including phenoxy) is 1. The highest BCUT2D eigenvalue weighted by Crippen LogP contribution is 2.36. The van der Waals surface area contributed by atoms with Gasteiger partial charge in [-0.25, -0.2) is 0 Å². The fourth-order valence-corrected chi connectivity index (χ4v) is 1.58. The third-order valence-corrected chi connectivity index (χ3v) is 2.46. The average molecular weight is 316 g/mol. The van der Waals surface area contributed by atoms with E-state index in [1.54, 1.807) is 0 Å². The minimum absolute atomic E-state index is 0.0431. The molecule has 0 radical (unpaired) electrons. The van der Waals surface area contributed by atoms with Crippen LogP contribution in [0, 0.1) is 0 Å². The molecule has 0 unspecified atom stereocenters. The van der Waals surface area contributed by atoms with Gasteiger partial charge < -0.3 is 9.84 Å². The summed E-state index contributed by atoms with van der Waals surface area (Å²) in [6.07, 6.45) is -15.6. The normalized spacial score (nSPS) is 12.7. The molecule has 0 atom stereocenters. The number of hydrogen-bond acceptors (Lipinski definition) is 2. The Morgan fingerprint density at radius 2 is 1.52 bits per heavy atom. The van der Waals surface area contributed by atoms with Gasteiger partial charge in [0.15, 0.2) is 0 Å². The fraction of sp³-hybridized carbons (Fsp3) is 0.417. The Labute approximate surface area is 115 Å². The molecule has 1 rings (SSSR count). The Hall–Kier alpha value is -1.77. The van der Waals surface area contributed by atoms with Gasteiger partial charge in [-0.1, -0.05) is 24.3 Å². The lowest BCUT2D eigenvalue weighted by atomic mass is 10.1. The highest BCUT2D eigenvalue weighted by molar-refractivity contribution is 5.70. The second-order valence-electron chi connectivity index (χ2n) is 4.11. The van der Waals surface area contributed by atoms with Crippen LogP contribution in [0.3, 0.4) is 0 Å². The third kappa shape index (κ3) is 5.25. The van der Waals surface area contributed by atoms with Crippen LogP contribution in [0.5, 0.6) is 0 Å². The van der Waals surface area contributed by atoms with Gasteiger partial charge in [0.05, 0.1) is 13.0 Å². The molecule has 118 valence electrons. The van der Waals surface area contributed by atoms with E-state index in [4.69, 9.17) is 5.11 Å². The van der Waals surface area contributed by atoms with Crippen molar-refractivity contribution in [1.82, 2.24) is 0 Å². The molecule has 0 saturated heterocycles. The molecule has 21 heavy (non-hydrogen) atoms. The summed E-state index contributed by atoms with van der Waals surface area (Å²) >= 11 is 0. The molecule has 9 heteroatoms. The predicted octanol–water partition coefficient (Wildman–Crippen LogP) is 3.32. The molecule has 0 aliphatic rings. The molecular formula is C12H10F6O3. The Kier molecular flexibility index (Phi) is 5.21. The largest absolute Gasteiger partial charge is 0.481 e. The molecule has 0 amide bonds. The first-order valence-electron chi connectivity index (χ1n) is 5.55. The van der Waals surface area contributed by atoms with E-state index in [1.165, 1.54) is 24.3 Å². The molecule has 0 heterocycles. The Morgan fingerprint density at radius 1 is 1.05 bits per heavy atom. The predicted molar refractivity (Wildman–Crippen MR) is 58.5 cm³/mol. The van der Waals surface area contributed by atoms with Crippen LogP contribution in [-0.2, 0) is 22.6 Å². The average Bonchev–Trinajstić information content (AvgIpc) is 2.27. The van der Waals surface area contributed by atoms with Crippen molar-refractivity contribution in [2.45, 2.75) is 31.5 Å². The first kappa shape index (κ1) is 17.3. The summed E-state index contributed by atoms with van der Waals surface area (Å²) in [6.45, 7) is -0.993. The van der Waals surface area contributed by atoms with Crippen LogP contribution in [0.4, 0.5) is 26.3 Å². The lowest BCUT2D eigenvalue weighted by molar-refractivity contribution is -0.324. The minimum Gasteiger partial charge on any atom is -0.481 e. The van der Waals surface area contributed by atoms with E-state index >= 15 is 0 Å². The molecular weight excluding hydrogens is 306 g/mol. The van der Waals surface area contributed by atoms with Gasteiger partial charge in [0, 0.05) is 0 Å². The minimum atomic E-state index is -5.60. The summed E-state index contributed by atoms with van der Waals surface area (Å²) in [6, 6.07) is 5.29. The molecule has 0 saturated carbocycles. The van der Waals surface area contributed by atoms with E-state index in [2.05, 4.69) is 4.74 Å². The maximum atomic E-state index is 12.3. The molecule has 1 N–H and O–H groups in total. The third-order valence-electron chi connectivity index (χ3n) is 2.46. The standard InChI is InChI=1S/C12H10F6O3/c13-11(14,15)10(12(16,17)18)21-6-8-4-2-1-3-7(8)5-9(19)20/h1-4,10H,5-6H2,(H,19,20). The maximum Gasteiger partial charge on any atom is 0.423 e. The second kappa shape index (κ2) is 6.33. The summed E-state index contributed by atoms with van der Waals surface area (Å²) < 4.78 is 77.7. The first-order valence-corrected chi connectivity index (χ1v) is 5.55. The van der Waals surface area contributed by atoms with Crippen molar-refractivity contribution in [2.75, 3.05) is 0 Å². The van der Waals surface area contributed by atoms with Crippen molar-refractivity contribution in [1.29, 1.82) is 0 Å². The lowest BCUT2D eigenvalue weighted by Crippen LogP contribution is -2.44. The number of aliphatic carboxylic acids is 1. The zero-order chi connectivity index (χ0) is 16.3. The summed E-state index contributed by atoms with van der Waals surface area (Å²) in [4.78, 5) is 10.6. The quantitative estimate of drug-likeness (QED) is 0.848. The number of carboxylic acids is 1. The van der Waals surface area contributed by atoms with Gasteiger partial charge in [-0.15, -0.1) is 0 Å². The van der Waals surface area contributed by atoms with E-state index in [1.807, 2.05) is 0 Å². The fourth-order valence-electron chi connectivity index (χ4n) is 1.58. The van der Waals surface area contributed by atoms with E-state index in [-0.39, 0.29) is 11.1 Å². The van der Waals surface area contributed by atoms with Gasteiger partial charge in [-0.05, 0) is 11.1 Å². The molecule has 3 nitrogen and oxygen atoms in total. The number of rotatable bonds is 5. The number of alkyl halides is 6. The second-order valence-corrected chi connectivity index (χ2v) is 4.11. The molecule has 0 bridgehead atoms. The van der Waals surface area contributed by atoms with Crippen LogP contribution in [-0.4, -0.2) is 29.5 Å². The van der Waals surface area contributed by atoms with Crippen LogP contribution < -0.4 is 0 Å². The van der Waals surface area contributed by atoms with E-state index in [0.717, 1.165) is 0 Å². The van der Waals surface area contributed by atoms with Crippen LogP contribution in [0.1, 0.15) is 11.1 Å². The Balaban J connectivity index is 2.89. The van der Waals surface area contributed by atoms with E-state index in [9.17, 15) is 31.1 Å². The maximum absolute atomic E-state index is 12.3. The monoisotopic (exact) mass is 316 g/mol. The topological polar surface area (TPSA) is 46.5 Å². The molecule has 0 aliphatic carbocycles. The van der Waals surface area contributed by atoms with Crippen LogP contribution in [0.2, 0.25) is 0 Å². The number of carbonyl (C=O) groups is 1. The summed E-state index contributed by atoms with van der Waals surface area (Å²) in [5.74, 6) is -1.26. The number of benzene rings is 1. The first-order chi connectivity index (χ1) is 9.51. The van der Waals surface area contributed by atoms with E-state index < -0.39 is 37.5 Å². The molecule has 1 aromatic rings. The summed E-state index contributed by atoms with van der Waals surface area (Å²) in [5, 5.41) is 8.63. The number of halogens is 6. The zero-order valence-corrected chi connectivity index (χ0v) is 10.3. The SMILES string of the molecule is O=C(O)Cc1ccccc1COC(C(F)(F)F)C(F)(F)F. The molecule has 0 spiro atoms. The highest BCUT2D eigenvalue weighted by Gasteiger charge is 2.57. The Bertz CT molecular complexity index is 481. The van der Waals surface area contributed by atoms with Gasteiger partial charge in [0.1, 0.15) is 0 Å². The van der Waals surface area contributed by atoms with Crippen molar-refractivity contribution < 1.29 is 41.0 Å². The number of hydrogen-bond donors (Lipinski definition) is 1. The van der Waals surface area contributed by atoms with Gasteiger partial charge in [-0.2, -0.15) is 26.3 Å². The van der Waals surface area contributed by atoms with Gasteiger partial charge in [0.25, 0.3) is 0 Å². The highest BCUT2D eigenvalue weighted by atomic mass is 19.4. The van der Waals surface area contributed by atoms with Gasteiger partial charge in [-0.3, -0.25) is 4.79 Å². The van der Waals surface area contributed by atoms with Crippen LogP contribution >= 0.6 is 0 Å². The zero-order valence-electron chi connectivity index (χ0n) is 10.3. The Morgan fingerprint density at radius 3 is 1.95 bits per heavy atom. The molecule has 1 aromatic carbocycles. The lowest BCUT2D eigenvalue weighted by Gasteiger charge is -2.23. The summed E-state index contributed by atoms with van der Waals surface area (Å²) in [7, 11) is 0. The molecule has 0 aromatic heterocycles. The van der Waals surface area contributed by atoms with Crippen LogP contribution in [0.15, 0.2) is 24.3 Å². The van der Waals surface area contributed by atoms with Crippen molar-refractivity contribution in [3.05, 3.63) is 35.4 Å². The van der Waals surface area contributed by atoms with Gasteiger partial charge >= 0.3 is 18.3 Å².